The zero-order valence-electron chi connectivity index (χ0n) is 9.43. The van der Waals surface area contributed by atoms with E-state index < -0.39 is 0 Å². The summed E-state index contributed by atoms with van der Waals surface area (Å²) in [5, 5.41) is 11.9. The maximum absolute atomic E-state index is 11.8. The van der Waals surface area contributed by atoms with Crippen LogP contribution in [0.4, 0.5) is 0 Å². The van der Waals surface area contributed by atoms with Crippen LogP contribution in [0.3, 0.4) is 0 Å². The summed E-state index contributed by atoms with van der Waals surface area (Å²) in [4.78, 5) is 15.9. The van der Waals surface area contributed by atoms with Crippen molar-refractivity contribution < 1.29 is 9.90 Å². The Hall–Kier alpha value is -1.88. The number of nitrogens with one attached hydrogen (secondary N) is 1. The quantitative estimate of drug-likeness (QED) is 0.856. The molecule has 0 aliphatic rings. The number of aromatic nitrogens is 1. The van der Waals surface area contributed by atoms with Crippen molar-refractivity contribution in [3.63, 3.8) is 0 Å². The first kappa shape index (κ1) is 12.6. The molecule has 92 valence electrons. The molecule has 2 N–H and O–H groups in total. The molecule has 18 heavy (non-hydrogen) atoms. The third kappa shape index (κ3) is 3.30. The Morgan fingerprint density at radius 3 is 2.61 bits per heavy atom. The van der Waals surface area contributed by atoms with Crippen molar-refractivity contribution in [1.29, 1.82) is 0 Å². The van der Waals surface area contributed by atoms with Crippen LogP contribution in [0.15, 0.2) is 47.1 Å². The van der Waals surface area contributed by atoms with Gasteiger partial charge in [0.15, 0.2) is 0 Å². The minimum Gasteiger partial charge on any atom is -0.508 e. The number of halogens is 1. The Kier molecular flexibility index (Phi) is 3.94. The van der Waals surface area contributed by atoms with E-state index in [0.717, 1.165) is 5.56 Å². The summed E-state index contributed by atoms with van der Waals surface area (Å²) >= 11 is 3.22. The molecule has 0 radical (unpaired) electrons. The van der Waals surface area contributed by atoms with Gasteiger partial charge in [0.2, 0.25) is 0 Å². The predicted octanol–water partition coefficient (Wildman–Crippen LogP) is 2.48. The third-order valence-electron chi connectivity index (χ3n) is 2.34. The number of rotatable bonds is 3. The molecule has 0 atom stereocenters. The number of carbonyl (C=O) groups excluding carboxylic acids is 1. The van der Waals surface area contributed by atoms with E-state index in [1.807, 2.05) is 0 Å². The minimum absolute atomic E-state index is 0.207. The Bertz CT molecular complexity index is 555. The zero-order chi connectivity index (χ0) is 13.0. The largest absolute Gasteiger partial charge is 0.508 e. The summed E-state index contributed by atoms with van der Waals surface area (Å²) in [6, 6.07) is 11.8. The third-order valence-corrected chi connectivity index (χ3v) is 2.78. The second-order valence-electron chi connectivity index (χ2n) is 3.69. The lowest BCUT2D eigenvalue weighted by atomic mass is 10.2. The fourth-order valence-corrected chi connectivity index (χ4v) is 1.77. The lowest BCUT2D eigenvalue weighted by Crippen LogP contribution is -2.23. The summed E-state index contributed by atoms with van der Waals surface area (Å²) in [7, 11) is 0. The molecular weight excluding hydrogens is 296 g/mol. The summed E-state index contributed by atoms with van der Waals surface area (Å²) in [5.74, 6) is -0.0249. The summed E-state index contributed by atoms with van der Waals surface area (Å²) in [5.41, 5.74) is 1.28. The standard InChI is InChI=1S/C13H11BrN2O2/c14-12-3-1-2-11(16-12)13(18)15-8-9-4-6-10(17)7-5-9/h1-7,17H,8H2,(H,15,18). The minimum atomic E-state index is -0.232. The van der Waals surface area contributed by atoms with Crippen molar-refractivity contribution in [2.45, 2.75) is 6.54 Å². The number of nitrogens with zero attached hydrogens (tertiary/aromatic N) is 1. The molecule has 2 aromatic rings. The average Bonchev–Trinajstić information content (AvgIpc) is 2.38. The fraction of sp³-hybridized carbons (Fsp3) is 0.0769. The van der Waals surface area contributed by atoms with Crippen molar-refractivity contribution in [3.05, 3.63) is 58.3 Å². The predicted molar refractivity (Wildman–Crippen MR) is 71.2 cm³/mol. The first-order valence-corrected chi connectivity index (χ1v) is 6.13. The van der Waals surface area contributed by atoms with Crippen molar-refractivity contribution >= 4 is 21.8 Å². The van der Waals surface area contributed by atoms with Crippen LogP contribution < -0.4 is 5.32 Å². The van der Waals surface area contributed by atoms with Crippen LogP contribution in [0.1, 0.15) is 16.1 Å². The molecule has 0 unspecified atom stereocenters. The van der Waals surface area contributed by atoms with Gasteiger partial charge in [-0.25, -0.2) is 4.98 Å². The van der Waals surface area contributed by atoms with Gasteiger partial charge in [-0.3, -0.25) is 4.79 Å². The van der Waals surface area contributed by atoms with Crippen LogP contribution in [-0.4, -0.2) is 16.0 Å². The highest BCUT2D eigenvalue weighted by Crippen LogP contribution is 2.10. The maximum Gasteiger partial charge on any atom is 0.270 e. The number of phenolic OH excluding ortho intramolecular Hbond substituents is 1. The van der Waals surface area contributed by atoms with E-state index in [1.54, 1.807) is 42.5 Å². The van der Waals surface area contributed by atoms with E-state index in [0.29, 0.717) is 16.8 Å². The smallest absolute Gasteiger partial charge is 0.270 e. The second kappa shape index (κ2) is 5.64. The van der Waals surface area contributed by atoms with Gasteiger partial charge in [0.25, 0.3) is 5.91 Å². The van der Waals surface area contributed by atoms with Gasteiger partial charge in [0.1, 0.15) is 16.0 Å². The molecule has 0 aliphatic carbocycles. The molecular formula is C13H11BrN2O2. The van der Waals surface area contributed by atoms with Gasteiger partial charge in [-0.2, -0.15) is 0 Å². The summed E-state index contributed by atoms with van der Waals surface area (Å²) in [6.45, 7) is 0.396. The molecule has 2 rings (SSSR count). The molecule has 0 saturated heterocycles. The molecule has 1 amide bonds. The summed E-state index contributed by atoms with van der Waals surface area (Å²) < 4.78 is 0.625. The van der Waals surface area contributed by atoms with Gasteiger partial charge in [0, 0.05) is 6.54 Å². The topological polar surface area (TPSA) is 62.2 Å². The summed E-state index contributed by atoms with van der Waals surface area (Å²) in [6.07, 6.45) is 0. The van der Waals surface area contributed by atoms with Crippen LogP contribution >= 0.6 is 15.9 Å². The molecule has 0 fully saturated rings. The van der Waals surface area contributed by atoms with Crippen LogP contribution in [-0.2, 0) is 6.54 Å². The zero-order valence-corrected chi connectivity index (χ0v) is 11.0. The number of aromatic hydroxyl groups is 1. The first-order chi connectivity index (χ1) is 8.65. The van der Waals surface area contributed by atoms with Crippen molar-refractivity contribution in [2.75, 3.05) is 0 Å². The Morgan fingerprint density at radius 1 is 1.22 bits per heavy atom. The van der Waals surface area contributed by atoms with Gasteiger partial charge >= 0.3 is 0 Å². The SMILES string of the molecule is O=C(NCc1ccc(O)cc1)c1cccc(Br)n1. The fourth-order valence-electron chi connectivity index (χ4n) is 1.42. The van der Waals surface area contributed by atoms with Gasteiger partial charge in [-0.1, -0.05) is 18.2 Å². The lowest BCUT2D eigenvalue weighted by Gasteiger charge is -2.05. The molecule has 1 aromatic carbocycles. The van der Waals surface area contributed by atoms with Crippen LogP contribution in [0.25, 0.3) is 0 Å². The molecule has 0 spiro atoms. The number of hydrogen-bond acceptors (Lipinski definition) is 3. The lowest BCUT2D eigenvalue weighted by molar-refractivity contribution is 0.0946. The highest BCUT2D eigenvalue weighted by molar-refractivity contribution is 9.10. The Morgan fingerprint density at radius 2 is 1.94 bits per heavy atom. The average molecular weight is 307 g/mol. The van der Waals surface area contributed by atoms with E-state index in [2.05, 4.69) is 26.2 Å². The van der Waals surface area contributed by atoms with E-state index in [1.165, 1.54) is 0 Å². The Labute approximate surface area is 113 Å². The molecule has 0 bridgehead atoms. The van der Waals surface area contributed by atoms with Crippen LogP contribution in [0.5, 0.6) is 5.75 Å². The first-order valence-electron chi connectivity index (χ1n) is 5.34. The highest BCUT2D eigenvalue weighted by atomic mass is 79.9. The normalized spacial score (nSPS) is 10.1. The van der Waals surface area contributed by atoms with Crippen molar-refractivity contribution in [3.8, 4) is 5.75 Å². The Balaban J connectivity index is 1.98. The molecule has 4 nitrogen and oxygen atoms in total. The number of phenols is 1. The van der Waals surface area contributed by atoms with E-state index in [4.69, 9.17) is 5.11 Å². The highest BCUT2D eigenvalue weighted by Gasteiger charge is 2.06. The molecule has 1 aromatic heterocycles. The van der Waals surface area contributed by atoms with E-state index in [9.17, 15) is 4.79 Å². The molecule has 0 aliphatic heterocycles. The van der Waals surface area contributed by atoms with E-state index >= 15 is 0 Å². The number of benzene rings is 1. The van der Waals surface area contributed by atoms with Crippen molar-refractivity contribution in [1.82, 2.24) is 10.3 Å². The number of amides is 1. The van der Waals surface area contributed by atoms with Gasteiger partial charge < -0.3 is 10.4 Å². The molecule has 5 heteroatoms. The van der Waals surface area contributed by atoms with E-state index in [-0.39, 0.29) is 11.7 Å². The molecule has 1 heterocycles. The van der Waals surface area contributed by atoms with Crippen LogP contribution in [0, 0.1) is 0 Å². The van der Waals surface area contributed by atoms with Gasteiger partial charge in [-0.05, 0) is 45.8 Å². The van der Waals surface area contributed by atoms with Gasteiger partial charge in [0.05, 0.1) is 0 Å². The maximum atomic E-state index is 11.8. The number of carbonyl (C=O) groups is 1. The van der Waals surface area contributed by atoms with Crippen LogP contribution in [0.2, 0.25) is 0 Å². The number of pyridine rings is 1. The second-order valence-corrected chi connectivity index (χ2v) is 4.51. The monoisotopic (exact) mass is 306 g/mol. The molecule has 0 saturated carbocycles. The van der Waals surface area contributed by atoms with Gasteiger partial charge in [-0.15, -0.1) is 0 Å². The number of hydrogen-bond donors (Lipinski definition) is 2. The van der Waals surface area contributed by atoms with Crippen molar-refractivity contribution in [2.24, 2.45) is 0 Å².